The van der Waals surface area contributed by atoms with Crippen molar-refractivity contribution >= 4 is 17.5 Å². The quantitative estimate of drug-likeness (QED) is 0.445. The van der Waals surface area contributed by atoms with Crippen molar-refractivity contribution in [3.8, 4) is 11.5 Å². The number of hydrogen-bond acceptors (Lipinski definition) is 7. The second-order valence-electron chi connectivity index (χ2n) is 7.85. The summed E-state index contributed by atoms with van der Waals surface area (Å²) in [6.07, 6.45) is 1.10. The van der Waals surface area contributed by atoms with Gasteiger partial charge in [-0.25, -0.2) is 4.68 Å². The molecule has 178 valence electrons. The fraction of sp³-hybridized carbons (Fsp3) is 0.320. The van der Waals surface area contributed by atoms with Crippen molar-refractivity contribution in [1.29, 1.82) is 0 Å². The Kier molecular flexibility index (Phi) is 7.12. The van der Waals surface area contributed by atoms with E-state index in [1.165, 1.54) is 0 Å². The van der Waals surface area contributed by atoms with Crippen LogP contribution in [0.2, 0.25) is 0 Å². The maximum Gasteiger partial charge on any atom is 0.255 e. The summed E-state index contributed by atoms with van der Waals surface area (Å²) in [6.45, 7) is 4.41. The van der Waals surface area contributed by atoms with Gasteiger partial charge in [0.2, 0.25) is 5.95 Å². The zero-order chi connectivity index (χ0) is 24.1. The van der Waals surface area contributed by atoms with E-state index in [0.717, 1.165) is 11.3 Å². The van der Waals surface area contributed by atoms with Gasteiger partial charge in [-0.2, -0.15) is 10.1 Å². The molecule has 3 aromatic rings. The predicted molar refractivity (Wildman–Crippen MR) is 129 cm³/mol. The molecule has 0 spiro atoms. The topological polar surface area (TPSA) is 111 Å². The Morgan fingerprint density at radius 2 is 1.97 bits per heavy atom. The van der Waals surface area contributed by atoms with Crippen LogP contribution in [0.4, 0.5) is 11.6 Å². The van der Waals surface area contributed by atoms with Crippen molar-refractivity contribution in [2.24, 2.45) is 0 Å². The number of aliphatic hydroxyl groups is 1. The van der Waals surface area contributed by atoms with E-state index in [0.29, 0.717) is 53.9 Å². The molecule has 1 aliphatic heterocycles. The Morgan fingerprint density at radius 3 is 2.68 bits per heavy atom. The molecule has 2 heterocycles. The van der Waals surface area contributed by atoms with E-state index in [4.69, 9.17) is 9.47 Å². The summed E-state index contributed by atoms with van der Waals surface area (Å²) in [5.41, 5.74) is 2.64. The van der Waals surface area contributed by atoms with Crippen LogP contribution in [-0.2, 0) is 11.2 Å². The number of amides is 1. The van der Waals surface area contributed by atoms with E-state index in [9.17, 15) is 9.90 Å². The number of fused-ring (bicyclic) bond motifs is 1. The third-order valence-electron chi connectivity index (χ3n) is 5.56. The number of carbonyl (C=O) groups excluding carboxylic acids is 1. The summed E-state index contributed by atoms with van der Waals surface area (Å²) >= 11 is 0. The minimum Gasteiger partial charge on any atom is -0.495 e. The highest BCUT2D eigenvalue weighted by molar-refractivity contribution is 6.06. The van der Waals surface area contributed by atoms with Gasteiger partial charge in [0.1, 0.15) is 17.5 Å². The SMILES string of the molecule is CCOc1ccc([C@@H]2C(C(=O)Nc3ccccc3OC)=C(C)Nc3nc(CCCO)nn32)cc1. The molecule has 0 fully saturated rings. The minimum absolute atomic E-state index is 0.0590. The Hall–Kier alpha value is -3.85. The summed E-state index contributed by atoms with van der Waals surface area (Å²) in [5, 5.41) is 20.1. The summed E-state index contributed by atoms with van der Waals surface area (Å²) in [4.78, 5) is 18.2. The first-order valence-electron chi connectivity index (χ1n) is 11.3. The summed E-state index contributed by atoms with van der Waals surface area (Å²) < 4.78 is 12.7. The van der Waals surface area contributed by atoms with Gasteiger partial charge in [-0.3, -0.25) is 4.79 Å². The first-order chi connectivity index (χ1) is 16.5. The summed E-state index contributed by atoms with van der Waals surface area (Å²) in [7, 11) is 1.57. The van der Waals surface area contributed by atoms with Gasteiger partial charge < -0.3 is 25.2 Å². The molecule has 1 aliphatic rings. The monoisotopic (exact) mass is 463 g/mol. The van der Waals surface area contributed by atoms with Crippen LogP contribution in [0, 0.1) is 0 Å². The molecule has 0 saturated heterocycles. The number of carbonyl (C=O) groups is 1. The second-order valence-corrected chi connectivity index (χ2v) is 7.85. The van der Waals surface area contributed by atoms with Gasteiger partial charge in [-0.1, -0.05) is 24.3 Å². The number of ether oxygens (including phenoxy) is 2. The number of anilines is 2. The van der Waals surface area contributed by atoms with Crippen LogP contribution in [0.25, 0.3) is 0 Å². The number of hydrogen-bond donors (Lipinski definition) is 3. The second kappa shape index (κ2) is 10.4. The van der Waals surface area contributed by atoms with E-state index in [-0.39, 0.29) is 12.5 Å². The Balaban J connectivity index is 1.74. The molecule has 3 N–H and O–H groups in total. The smallest absolute Gasteiger partial charge is 0.255 e. The molecule has 4 rings (SSSR count). The number of aryl methyl sites for hydroxylation is 1. The molecule has 1 atom stereocenters. The molecule has 0 aliphatic carbocycles. The number of methoxy groups -OCH3 is 1. The van der Waals surface area contributed by atoms with Crippen LogP contribution in [0.15, 0.2) is 59.8 Å². The lowest BCUT2D eigenvalue weighted by molar-refractivity contribution is -0.113. The molecule has 0 bridgehead atoms. The van der Waals surface area contributed by atoms with Crippen molar-refractivity contribution in [3.05, 3.63) is 71.2 Å². The van der Waals surface area contributed by atoms with Crippen molar-refractivity contribution in [1.82, 2.24) is 14.8 Å². The Labute approximate surface area is 198 Å². The van der Waals surface area contributed by atoms with Gasteiger partial charge in [-0.15, -0.1) is 0 Å². The zero-order valence-electron chi connectivity index (χ0n) is 19.5. The molecule has 0 saturated carbocycles. The molecule has 1 amide bonds. The third kappa shape index (κ3) is 4.74. The fourth-order valence-electron chi connectivity index (χ4n) is 3.99. The van der Waals surface area contributed by atoms with Gasteiger partial charge in [0.25, 0.3) is 5.91 Å². The van der Waals surface area contributed by atoms with Crippen molar-refractivity contribution < 1.29 is 19.4 Å². The highest BCUT2D eigenvalue weighted by Gasteiger charge is 2.34. The molecule has 1 aromatic heterocycles. The van der Waals surface area contributed by atoms with E-state index in [2.05, 4.69) is 20.7 Å². The number of aromatic nitrogens is 3. The molecular formula is C25H29N5O4. The fourth-order valence-corrected chi connectivity index (χ4v) is 3.99. The van der Waals surface area contributed by atoms with Gasteiger partial charge in [0, 0.05) is 18.7 Å². The van der Waals surface area contributed by atoms with Crippen LogP contribution in [0.1, 0.15) is 37.7 Å². The number of rotatable bonds is 9. The zero-order valence-corrected chi connectivity index (χ0v) is 19.5. The maximum atomic E-state index is 13.6. The van der Waals surface area contributed by atoms with Gasteiger partial charge in [-0.05, 0) is 50.1 Å². The number of allylic oxidation sites excluding steroid dienone is 1. The normalized spacial score (nSPS) is 14.9. The van der Waals surface area contributed by atoms with Crippen LogP contribution < -0.4 is 20.1 Å². The molecular weight excluding hydrogens is 434 g/mol. The van der Waals surface area contributed by atoms with Crippen LogP contribution in [0.3, 0.4) is 0 Å². The van der Waals surface area contributed by atoms with Gasteiger partial charge in [0.05, 0.1) is 25.0 Å². The van der Waals surface area contributed by atoms with Gasteiger partial charge >= 0.3 is 0 Å². The first-order valence-corrected chi connectivity index (χ1v) is 11.3. The lowest BCUT2D eigenvalue weighted by atomic mass is 9.95. The molecule has 9 heteroatoms. The Morgan fingerprint density at radius 1 is 1.21 bits per heavy atom. The van der Waals surface area contributed by atoms with E-state index >= 15 is 0 Å². The van der Waals surface area contributed by atoms with E-state index < -0.39 is 6.04 Å². The molecule has 34 heavy (non-hydrogen) atoms. The highest BCUT2D eigenvalue weighted by Crippen LogP contribution is 2.37. The Bertz CT molecular complexity index is 1190. The number of aliphatic hydroxyl groups excluding tert-OH is 1. The average Bonchev–Trinajstić information content (AvgIpc) is 3.25. The number of nitrogens with one attached hydrogen (secondary N) is 2. The summed E-state index contributed by atoms with van der Waals surface area (Å²) in [6, 6.07) is 14.4. The minimum atomic E-state index is -0.503. The molecule has 0 unspecified atom stereocenters. The number of benzene rings is 2. The highest BCUT2D eigenvalue weighted by atomic mass is 16.5. The molecule has 9 nitrogen and oxygen atoms in total. The molecule has 2 aromatic carbocycles. The number of nitrogens with zero attached hydrogens (tertiary/aromatic N) is 3. The predicted octanol–water partition coefficient (Wildman–Crippen LogP) is 3.54. The maximum absolute atomic E-state index is 13.6. The third-order valence-corrected chi connectivity index (χ3v) is 5.56. The standard InChI is InChI=1S/C25H29N5O4/c1-4-34-18-13-11-17(12-14-18)23-22(24(32)27-19-8-5-6-9-20(19)33-3)16(2)26-25-28-21(10-7-15-31)29-30(23)25/h5-6,8-9,11-14,23,31H,4,7,10,15H2,1-3H3,(H,27,32)(H,26,28,29)/t23-/m1/s1. The van der Waals surface area contributed by atoms with E-state index in [1.807, 2.05) is 50.2 Å². The lowest BCUT2D eigenvalue weighted by Crippen LogP contribution is -2.31. The van der Waals surface area contributed by atoms with Crippen molar-refractivity contribution in [2.75, 3.05) is 31.0 Å². The van der Waals surface area contributed by atoms with Crippen LogP contribution in [-0.4, -0.2) is 46.1 Å². The van der Waals surface area contributed by atoms with Crippen molar-refractivity contribution in [2.45, 2.75) is 32.7 Å². The molecule has 0 radical (unpaired) electrons. The number of para-hydroxylation sites is 2. The average molecular weight is 464 g/mol. The van der Waals surface area contributed by atoms with Crippen LogP contribution in [0.5, 0.6) is 11.5 Å². The lowest BCUT2D eigenvalue weighted by Gasteiger charge is -2.29. The van der Waals surface area contributed by atoms with E-state index in [1.54, 1.807) is 23.9 Å². The first kappa shape index (κ1) is 23.3. The van der Waals surface area contributed by atoms with Gasteiger partial charge in [0.15, 0.2) is 5.82 Å². The van der Waals surface area contributed by atoms with Crippen molar-refractivity contribution in [3.63, 3.8) is 0 Å². The summed E-state index contributed by atoms with van der Waals surface area (Å²) in [5.74, 6) is 2.21. The van der Waals surface area contributed by atoms with Crippen LogP contribution >= 0.6 is 0 Å². The largest absolute Gasteiger partial charge is 0.495 e.